The minimum atomic E-state index is 0.281. The third kappa shape index (κ3) is 2.89. The number of hydrogen-bond acceptors (Lipinski definition) is 2. The smallest absolute Gasteiger partial charge is 0.166 e. The van der Waals surface area contributed by atoms with Gasteiger partial charge in [-0.05, 0) is 43.7 Å². The summed E-state index contributed by atoms with van der Waals surface area (Å²) >= 11 is 2.14. The van der Waals surface area contributed by atoms with Gasteiger partial charge in [-0.3, -0.25) is 4.79 Å². The van der Waals surface area contributed by atoms with Crippen molar-refractivity contribution < 1.29 is 4.79 Å². The molecule has 2 heteroatoms. The molecule has 2 fully saturated rings. The highest BCUT2D eigenvalue weighted by Crippen LogP contribution is 2.44. The first-order chi connectivity index (χ1) is 9.26. The molecule has 102 valence electrons. The molecule has 2 aliphatic heterocycles. The maximum atomic E-state index is 12.7. The monoisotopic (exact) mass is 274 g/mol. The SMILES string of the molecule is CCc1cccc(C(=O)C2CC3CCCC(C2)S3)c1. The molecule has 0 aliphatic carbocycles. The summed E-state index contributed by atoms with van der Waals surface area (Å²) in [7, 11) is 0. The zero-order valence-corrected chi connectivity index (χ0v) is 12.4. The van der Waals surface area contributed by atoms with Crippen LogP contribution in [-0.2, 0) is 6.42 Å². The first kappa shape index (κ1) is 13.2. The lowest BCUT2D eigenvalue weighted by Crippen LogP contribution is -2.32. The quantitative estimate of drug-likeness (QED) is 0.755. The molecule has 0 saturated carbocycles. The van der Waals surface area contributed by atoms with Crippen LogP contribution < -0.4 is 0 Å². The summed E-state index contributed by atoms with van der Waals surface area (Å²) in [6.45, 7) is 2.14. The van der Waals surface area contributed by atoms with Crippen LogP contribution >= 0.6 is 11.8 Å². The van der Waals surface area contributed by atoms with Crippen molar-refractivity contribution in [1.82, 2.24) is 0 Å². The van der Waals surface area contributed by atoms with Crippen LogP contribution in [0.3, 0.4) is 0 Å². The second-order valence-electron chi connectivity index (χ2n) is 5.90. The van der Waals surface area contributed by atoms with Crippen molar-refractivity contribution in [2.75, 3.05) is 0 Å². The fraction of sp³-hybridized carbons (Fsp3) is 0.588. The number of aryl methyl sites for hydroxylation is 1. The average Bonchev–Trinajstić information content (AvgIpc) is 2.46. The molecule has 19 heavy (non-hydrogen) atoms. The fourth-order valence-corrected chi connectivity index (χ4v) is 5.29. The van der Waals surface area contributed by atoms with Gasteiger partial charge in [-0.2, -0.15) is 11.8 Å². The maximum absolute atomic E-state index is 12.7. The minimum Gasteiger partial charge on any atom is -0.294 e. The van der Waals surface area contributed by atoms with Gasteiger partial charge in [-0.25, -0.2) is 0 Å². The van der Waals surface area contributed by atoms with E-state index in [4.69, 9.17) is 0 Å². The van der Waals surface area contributed by atoms with Crippen molar-refractivity contribution in [3.05, 3.63) is 35.4 Å². The predicted octanol–water partition coefficient (Wildman–Crippen LogP) is 4.50. The molecule has 0 aromatic heterocycles. The lowest BCUT2D eigenvalue weighted by atomic mass is 9.84. The molecule has 1 nitrogen and oxygen atoms in total. The zero-order valence-electron chi connectivity index (χ0n) is 11.6. The summed E-state index contributed by atoms with van der Waals surface area (Å²) in [6, 6.07) is 8.24. The van der Waals surface area contributed by atoms with Gasteiger partial charge in [-0.15, -0.1) is 0 Å². The van der Waals surface area contributed by atoms with Crippen molar-refractivity contribution in [2.45, 2.75) is 55.9 Å². The molecule has 2 atom stereocenters. The number of ketones is 1. The Morgan fingerprint density at radius 2 is 2.00 bits per heavy atom. The highest BCUT2D eigenvalue weighted by molar-refractivity contribution is 8.00. The number of hydrogen-bond donors (Lipinski definition) is 0. The van der Waals surface area contributed by atoms with E-state index in [0.717, 1.165) is 35.3 Å². The largest absolute Gasteiger partial charge is 0.294 e. The van der Waals surface area contributed by atoms with Gasteiger partial charge in [0.25, 0.3) is 0 Å². The molecule has 1 aromatic rings. The third-order valence-electron chi connectivity index (χ3n) is 4.52. The van der Waals surface area contributed by atoms with E-state index in [9.17, 15) is 4.79 Å². The predicted molar refractivity (Wildman–Crippen MR) is 81.9 cm³/mol. The summed E-state index contributed by atoms with van der Waals surface area (Å²) in [5.41, 5.74) is 2.21. The van der Waals surface area contributed by atoms with E-state index in [0.29, 0.717) is 5.78 Å². The Bertz CT molecular complexity index is 456. The maximum Gasteiger partial charge on any atom is 0.166 e. The molecule has 2 unspecified atom stereocenters. The van der Waals surface area contributed by atoms with Gasteiger partial charge in [0, 0.05) is 22.0 Å². The van der Waals surface area contributed by atoms with Crippen LogP contribution in [0.1, 0.15) is 54.9 Å². The molecular weight excluding hydrogens is 252 g/mol. The molecule has 2 heterocycles. The molecule has 0 N–H and O–H groups in total. The molecule has 0 spiro atoms. The second-order valence-corrected chi connectivity index (χ2v) is 7.50. The number of benzene rings is 1. The first-order valence-electron chi connectivity index (χ1n) is 7.55. The molecular formula is C17H22OS. The second kappa shape index (κ2) is 5.70. The van der Waals surface area contributed by atoms with E-state index in [1.807, 2.05) is 12.1 Å². The first-order valence-corrected chi connectivity index (χ1v) is 8.49. The van der Waals surface area contributed by atoms with Gasteiger partial charge in [0.05, 0.1) is 0 Å². The Morgan fingerprint density at radius 3 is 2.68 bits per heavy atom. The number of carbonyl (C=O) groups is 1. The summed E-state index contributed by atoms with van der Waals surface area (Å²) < 4.78 is 0. The highest BCUT2D eigenvalue weighted by atomic mass is 32.2. The zero-order chi connectivity index (χ0) is 13.2. The van der Waals surface area contributed by atoms with Crippen molar-refractivity contribution in [2.24, 2.45) is 5.92 Å². The number of fused-ring (bicyclic) bond motifs is 2. The van der Waals surface area contributed by atoms with Gasteiger partial charge in [0.15, 0.2) is 5.78 Å². The number of rotatable bonds is 3. The van der Waals surface area contributed by atoms with Gasteiger partial charge >= 0.3 is 0 Å². The Labute approximate surface area is 120 Å². The van der Waals surface area contributed by atoms with Crippen LogP contribution in [0.4, 0.5) is 0 Å². The van der Waals surface area contributed by atoms with Crippen LogP contribution in [0.15, 0.2) is 24.3 Å². The van der Waals surface area contributed by atoms with Crippen molar-refractivity contribution >= 4 is 17.5 Å². The molecule has 1 aromatic carbocycles. The molecule has 2 saturated heterocycles. The normalized spacial score (nSPS) is 30.1. The molecule has 3 rings (SSSR count). The Kier molecular flexibility index (Phi) is 3.97. The van der Waals surface area contributed by atoms with Crippen LogP contribution in [0.25, 0.3) is 0 Å². The summed E-state index contributed by atoms with van der Waals surface area (Å²) in [4.78, 5) is 12.7. The lowest BCUT2D eigenvalue weighted by molar-refractivity contribution is 0.0896. The van der Waals surface area contributed by atoms with E-state index < -0.39 is 0 Å². The summed E-state index contributed by atoms with van der Waals surface area (Å²) in [5, 5.41) is 1.49. The van der Waals surface area contributed by atoms with E-state index in [2.05, 4.69) is 30.8 Å². The topological polar surface area (TPSA) is 17.1 Å². The number of thioether (sulfide) groups is 1. The van der Waals surface area contributed by atoms with Crippen LogP contribution in [0.5, 0.6) is 0 Å². The fourth-order valence-electron chi connectivity index (χ4n) is 3.45. The van der Waals surface area contributed by atoms with Gasteiger partial charge in [0.1, 0.15) is 0 Å². The van der Waals surface area contributed by atoms with E-state index in [-0.39, 0.29) is 5.92 Å². The van der Waals surface area contributed by atoms with E-state index in [1.165, 1.54) is 24.8 Å². The Balaban J connectivity index is 1.76. The highest BCUT2D eigenvalue weighted by Gasteiger charge is 2.35. The van der Waals surface area contributed by atoms with Crippen LogP contribution in [0, 0.1) is 5.92 Å². The minimum absolute atomic E-state index is 0.281. The van der Waals surface area contributed by atoms with Crippen molar-refractivity contribution in [3.63, 3.8) is 0 Å². The van der Waals surface area contributed by atoms with Gasteiger partial charge in [0.2, 0.25) is 0 Å². The number of Topliss-reactive ketones (excluding diaryl/α,β-unsaturated/α-hetero) is 1. The van der Waals surface area contributed by atoms with Gasteiger partial charge in [-0.1, -0.05) is 31.5 Å². The third-order valence-corrected chi connectivity index (χ3v) is 6.15. The Hall–Kier alpha value is -0.760. The Morgan fingerprint density at radius 1 is 1.26 bits per heavy atom. The molecule has 2 aliphatic rings. The lowest BCUT2D eigenvalue weighted by Gasteiger charge is -2.38. The number of carbonyl (C=O) groups excluding carboxylic acids is 1. The molecule has 2 bridgehead atoms. The van der Waals surface area contributed by atoms with Crippen LogP contribution in [-0.4, -0.2) is 16.3 Å². The average molecular weight is 274 g/mol. The van der Waals surface area contributed by atoms with E-state index in [1.54, 1.807) is 0 Å². The van der Waals surface area contributed by atoms with Crippen molar-refractivity contribution in [3.8, 4) is 0 Å². The van der Waals surface area contributed by atoms with Gasteiger partial charge < -0.3 is 0 Å². The molecule has 0 radical (unpaired) electrons. The van der Waals surface area contributed by atoms with Crippen molar-refractivity contribution in [1.29, 1.82) is 0 Å². The standard InChI is InChI=1S/C17H22OS/c1-2-12-5-3-6-13(9-12)17(18)14-10-15-7-4-8-16(11-14)19-15/h3,5-6,9,14-16H,2,4,7-8,10-11H2,1H3. The summed E-state index contributed by atoms with van der Waals surface area (Å²) in [6.07, 6.45) is 7.23. The molecule has 0 amide bonds. The van der Waals surface area contributed by atoms with Crippen LogP contribution in [0.2, 0.25) is 0 Å². The van der Waals surface area contributed by atoms with E-state index >= 15 is 0 Å². The summed E-state index contributed by atoms with van der Waals surface area (Å²) in [5.74, 6) is 0.677.